The zero-order chi connectivity index (χ0) is 19.1. The molecule has 0 fully saturated rings. The first kappa shape index (κ1) is 19.8. The number of fused-ring (bicyclic) bond motifs is 2. The molecule has 4 rings (SSSR count). The van der Waals surface area contributed by atoms with Crippen molar-refractivity contribution in [1.29, 1.82) is 0 Å². The Kier molecular flexibility index (Phi) is 7.02. The van der Waals surface area contributed by atoms with Crippen molar-refractivity contribution in [2.24, 2.45) is 0 Å². The number of nitrogens with one attached hydrogen (secondary N) is 2. The van der Waals surface area contributed by atoms with Crippen molar-refractivity contribution >= 4 is 16.8 Å². The molecule has 1 aliphatic rings. The highest BCUT2D eigenvalue weighted by Crippen LogP contribution is 2.32. The van der Waals surface area contributed by atoms with Gasteiger partial charge in [0, 0.05) is 22.9 Å². The Labute approximate surface area is 156 Å². The third kappa shape index (κ3) is 3.98. The zero-order valence-corrected chi connectivity index (χ0v) is 16.5. The Bertz CT molecular complexity index is 817. The molecule has 1 amide bonds. The number of rotatable bonds is 2. The fourth-order valence-corrected chi connectivity index (χ4v) is 3.41. The van der Waals surface area contributed by atoms with Crippen LogP contribution in [0.4, 0.5) is 0 Å². The Morgan fingerprint density at radius 2 is 1.65 bits per heavy atom. The summed E-state index contributed by atoms with van der Waals surface area (Å²) in [5, 5.41) is 4.25. The number of hydrogen-bond acceptors (Lipinski definition) is 1. The van der Waals surface area contributed by atoms with Crippen LogP contribution < -0.4 is 5.32 Å². The van der Waals surface area contributed by atoms with Crippen LogP contribution in [0.25, 0.3) is 10.9 Å². The molecule has 1 heterocycles. The van der Waals surface area contributed by atoms with E-state index in [1.165, 1.54) is 11.1 Å². The largest absolute Gasteiger partial charge is 0.351 e. The van der Waals surface area contributed by atoms with Gasteiger partial charge in [0.2, 0.25) is 0 Å². The fourth-order valence-electron chi connectivity index (χ4n) is 3.41. The summed E-state index contributed by atoms with van der Waals surface area (Å²) < 4.78 is 0. The van der Waals surface area contributed by atoms with E-state index in [1.807, 2.05) is 58.0 Å². The molecule has 26 heavy (non-hydrogen) atoms. The second-order valence-corrected chi connectivity index (χ2v) is 6.04. The summed E-state index contributed by atoms with van der Waals surface area (Å²) in [6, 6.07) is 18.5. The lowest BCUT2D eigenvalue weighted by atomic mass is 10.0. The molecular formula is C23H30N2O. The van der Waals surface area contributed by atoms with Crippen molar-refractivity contribution in [2.45, 2.75) is 53.0 Å². The lowest BCUT2D eigenvalue weighted by Gasteiger charge is -2.17. The Morgan fingerprint density at radius 3 is 2.35 bits per heavy atom. The monoisotopic (exact) mass is 350 g/mol. The average Bonchev–Trinajstić information content (AvgIpc) is 3.27. The van der Waals surface area contributed by atoms with Gasteiger partial charge in [-0.1, -0.05) is 77.1 Å². The number of H-pyrrole nitrogens is 1. The number of amides is 1. The molecule has 1 aromatic heterocycles. The molecule has 2 unspecified atom stereocenters. The van der Waals surface area contributed by atoms with Crippen LogP contribution in [0, 0.1) is 0 Å². The molecular weight excluding hydrogens is 320 g/mol. The van der Waals surface area contributed by atoms with Gasteiger partial charge in [-0.2, -0.15) is 0 Å². The maximum Gasteiger partial charge on any atom is 0.267 e. The predicted molar refractivity (Wildman–Crippen MR) is 111 cm³/mol. The second-order valence-electron chi connectivity index (χ2n) is 6.04. The Balaban J connectivity index is 0.000000570. The normalized spacial score (nSPS) is 17.4. The zero-order valence-electron chi connectivity index (χ0n) is 16.5. The summed E-state index contributed by atoms with van der Waals surface area (Å²) in [6.07, 6.45) is 0.906. The number of carbonyl (C=O) groups excluding carboxylic acids is 1. The summed E-state index contributed by atoms with van der Waals surface area (Å²) in [6.45, 7) is 10.2. The van der Waals surface area contributed by atoms with E-state index in [0.29, 0.717) is 11.6 Å². The van der Waals surface area contributed by atoms with E-state index in [9.17, 15) is 4.79 Å². The maximum atomic E-state index is 12.5. The first-order valence-electron chi connectivity index (χ1n) is 9.69. The van der Waals surface area contributed by atoms with Crippen molar-refractivity contribution in [3.8, 4) is 0 Å². The number of aromatic nitrogens is 1. The van der Waals surface area contributed by atoms with Gasteiger partial charge in [0.1, 0.15) is 5.69 Å². The minimum Gasteiger partial charge on any atom is -0.351 e. The van der Waals surface area contributed by atoms with Gasteiger partial charge in [-0.05, 0) is 29.7 Å². The van der Waals surface area contributed by atoms with Crippen LogP contribution in [0.5, 0.6) is 0 Å². The molecule has 2 N–H and O–H groups in total. The summed E-state index contributed by atoms with van der Waals surface area (Å²) in [5.41, 5.74) is 4.32. The van der Waals surface area contributed by atoms with Crippen LogP contribution >= 0.6 is 0 Å². The van der Waals surface area contributed by atoms with E-state index < -0.39 is 0 Å². The van der Waals surface area contributed by atoms with Crippen LogP contribution in [0.3, 0.4) is 0 Å². The standard InChI is InChI=1S/C19H18N2O.2C2H6/c1-12-15-8-4-2-6-13(15)10-17(12)21-19(22)18-11-14-7-3-5-9-16(14)20-18;2*1-2/h2-9,11-12,17,20H,10H2,1H3,(H,21,22);2*1-2H3. The second kappa shape index (κ2) is 9.23. The SMILES string of the molecule is CC.CC.CC1c2ccccc2CC1NC(=O)c1cc2ccccc2[nH]1. The van der Waals surface area contributed by atoms with E-state index in [2.05, 4.69) is 41.5 Å². The first-order valence-corrected chi connectivity index (χ1v) is 9.69. The third-order valence-corrected chi connectivity index (χ3v) is 4.68. The van der Waals surface area contributed by atoms with E-state index >= 15 is 0 Å². The van der Waals surface area contributed by atoms with Crippen molar-refractivity contribution in [1.82, 2.24) is 10.3 Å². The highest BCUT2D eigenvalue weighted by atomic mass is 16.1. The molecule has 3 aromatic rings. The molecule has 0 spiro atoms. The topological polar surface area (TPSA) is 44.9 Å². The maximum absolute atomic E-state index is 12.5. The summed E-state index contributed by atoms with van der Waals surface area (Å²) in [5.74, 6) is 0.324. The quantitative estimate of drug-likeness (QED) is 0.614. The molecule has 3 nitrogen and oxygen atoms in total. The van der Waals surface area contributed by atoms with E-state index in [4.69, 9.17) is 0 Å². The summed E-state index contributed by atoms with van der Waals surface area (Å²) >= 11 is 0. The summed E-state index contributed by atoms with van der Waals surface area (Å²) in [7, 11) is 0. The van der Waals surface area contributed by atoms with Gasteiger partial charge in [0.15, 0.2) is 0 Å². The van der Waals surface area contributed by atoms with Crippen molar-refractivity contribution in [3.05, 3.63) is 71.4 Å². The molecule has 2 aromatic carbocycles. The lowest BCUT2D eigenvalue weighted by molar-refractivity contribution is 0.0930. The first-order chi connectivity index (χ1) is 12.7. The van der Waals surface area contributed by atoms with E-state index in [0.717, 1.165) is 17.3 Å². The molecule has 138 valence electrons. The molecule has 0 aliphatic heterocycles. The molecule has 0 radical (unpaired) electrons. The number of benzene rings is 2. The van der Waals surface area contributed by atoms with Crippen LogP contribution in [-0.2, 0) is 6.42 Å². The lowest BCUT2D eigenvalue weighted by Crippen LogP contribution is -2.37. The van der Waals surface area contributed by atoms with Crippen LogP contribution in [0.2, 0.25) is 0 Å². The Morgan fingerprint density at radius 1 is 1.00 bits per heavy atom. The van der Waals surface area contributed by atoms with Crippen LogP contribution in [0.15, 0.2) is 54.6 Å². The van der Waals surface area contributed by atoms with Gasteiger partial charge < -0.3 is 10.3 Å². The van der Waals surface area contributed by atoms with Crippen LogP contribution in [-0.4, -0.2) is 16.9 Å². The third-order valence-electron chi connectivity index (χ3n) is 4.68. The number of hydrogen-bond donors (Lipinski definition) is 2. The van der Waals surface area contributed by atoms with Crippen molar-refractivity contribution in [3.63, 3.8) is 0 Å². The minimum absolute atomic E-state index is 0.0270. The average molecular weight is 351 g/mol. The Hall–Kier alpha value is -2.55. The van der Waals surface area contributed by atoms with E-state index in [-0.39, 0.29) is 11.9 Å². The molecule has 2 atom stereocenters. The van der Waals surface area contributed by atoms with Gasteiger partial charge in [0.05, 0.1) is 0 Å². The summed E-state index contributed by atoms with van der Waals surface area (Å²) in [4.78, 5) is 15.7. The van der Waals surface area contributed by atoms with Gasteiger partial charge in [-0.15, -0.1) is 0 Å². The molecule has 0 saturated carbocycles. The van der Waals surface area contributed by atoms with Crippen LogP contribution in [0.1, 0.15) is 62.2 Å². The minimum atomic E-state index is -0.0270. The van der Waals surface area contributed by atoms with Gasteiger partial charge in [0.25, 0.3) is 5.91 Å². The van der Waals surface area contributed by atoms with Gasteiger partial charge in [-0.3, -0.25) is 4.79 Å². The molecule has 0 bridgehead atoms. The van der Waals surface area contributed by atoms with Gasteiger partial charge >= 0.3 is 0 Å². The number of carbonyl (C=O) groups is 1. The molecule has 1 aliphatic carbocycles. The number of para-hydroxylation sites is 1. The number of aromatic amines is 1. The van der Waals surface area contributed by atoms with Crippen molar-refractivity contribution in [2.75, 3.05) is 0 Å². The molecule has 0 saturated heterocycles. The van der Waals surface area contributed by atoms with E-state index in [1.54, 1.807) is 0 Å². The van der Waals surface area contributed by atoms with Gasteiger partial charge in [-0.25, -0.2) is 0 Å². The fraction of sp³-hybridized carbons (Fsp3) is 0.348. The highest BCUT2D eigenvalue weighted by Gasteiger charge is 2.30. The smallest absolute Gasteiger partial charge is 0.267 e. The predicted octanol–water partition coefficient (Wildman–Crippen LogP) is 5.68. The highest BCUT2D eigenvalue weighted by molar-refractivity contribution is 5.98. The molecule has 3 heteroatoms. The van der Waals surface area contributed by atoms with Crippen molar-refractivity contribution < 1.29 is 4.79 Å².